The number of methoxy groups -OCH3 is 1. The van der Waals surface area contributed by atoms with Crippen LogP contribution >= 0.6 is 23.7 Å². The second-order valence-electron chi connectivity index (χ2n) is 8.49. The fourth-order valence-corrected chi connectivity index (χ4v) is 6.37. The van der Waals surface area contributed by atoms with Gasteiger partial charge in [0, 0.05) is 17.1 Å². The first-order valence-corrected chi connectivity index (χ1v) is 13.7. The van der Waals surface area contributed by atoms with Crippen molar-refractivity contribution in [2.75, 3.05) is 26.0 Å². The maximum absolute atomic E-state index is 13.9. The highest BCUT2D eigenvalue weighted by Gasteiger charge is 2.42. The Kier molecular flexibility index (Phi) is 7.84. The van der Waals surface area contributed by atoms with Crippen LogP contribution in [0.15, 0.2) is 35.1 Å². The van der Waals surface area contributed by atoms with E-state index in [-0.39, 0.29) is 31.1 Å². The molecule has 2 aromatic heterocycles. The maximum atomic E-state index is 13.9. The highest BCUT2D eigenvalue weighted by Crippen LogP contribution is 2.54. The van der Waals surface area contributed by atoms with E-state index in [1.807, 2.05) is 4.57 Å². The molecule has 2 unspecified atom stereocenters. The van der Waals surface area contributed by atoms with Crippen molar-refractivity contribution in [3.05, 3.63) is 35.1 Å². The number of ether oxygens (including phenoxy) is 1. The third-order valence-electron chi connectivity index (χ3n) is 6.16. The second-order valence-corrected chi connectivity index (χ2v) is 11.3. The summed E-state index contributed by atoms with van der Waals surface area (Å²) in [5.41, 5.74) is 6.92. The molecule has 3 aromatic rings. The molecule has 0 spiro atoms. The van der Waals surface area contributed by atoms with Gasteiger partial charge in [-0.25, -0.2) is 9.55 Å². The summed E-state index contributed by atoms with van der Waals surface area (Å²) in [4.78, 5) is 24.4. The zero-order valence-electron chi connectivity index (χ0n) is 20.1. The van der Waals surface area contributed by atoms with E-state index >= 15 is 0 Å². The molecule has 0 bridgehead atoms. The molecule has 1 aliphatic carbocycles. The van der Waals surface area contributed by atoms with Crippen LogP contribution in [0.2, 0.25) is 0 Å². The summed E-state index contributed by atoms with van der Waals surface area (Å²) in [6.07, 6.45) is 3.12. The molecule has 12 nitrogen and oxygen atoms in total. The molecular formula is C22H28BrN6O6P. The lowest BCUT2D eigenvalue weighted by Crippen LogP contribution is -2.39. The number of carboxylic acids is 1. The molecule has 2 atom stereocenters. The Labute approximate surface area is 216 Å². The van der Waals surface area contributed by atoms with Crippen molar-refractivity contribution in [1.29, 1.82) is 0 Å². The molecule has 1 fully saturated rings. The Morgan fingerprint density at radius 2 is 2.03 bits per heavy atom. The van der Waals surface area contributed by atoms with Crippen molar-refractivity contribution in [2.45, 2.75) is 38.8 Å². The van der Waals surface area contributed by atoms with E-state index in [9.17, 15) is 14.5 Å². The number of carbonyl (C=O) groups is 1. The molecule has 4 rings (SSSR count). The number of nitrogens with two attached hydrogens (primary N) is 1. The number of fused-ring (bicyclic) bond motifs is 1. The van der Waals surface area contributed by atoms with Crippen molar-refractivity contribution >= 4 is 46.8 Å². The average Bonchev–Trinajstić information content (AvgIpc) is 3.22. The van der Waals surface area contributed by atoms with E-state index in [1.165, 1.54) is 18.7 Å². The SMILES string of the molecule is CCN(C(C)C(=O)O)P(=O)(OCC1CC(n2cnc3c(OC)nc(N)nc32)C1)Oc1ccc(Br)cc1. The topological polar surface area (TPSA) is 155 Å². The van der Waals surface area contributed by atoms with Crippen molar-refractivity contribution in [3.63, 3.8) is 0 Å². The van der Waals surface area contributed by atoms with Crippen LogP contribution < -0.4 is 15.0 Å². The molecule has 0 aliphatic heterocycles. The molecule has 194 valence electrons. The van der Waals surface area contributed by atoms with E-state index in [0.29, 0.717) is 22.8 Å². The minimum Gasteiger partial charge on any atom is -0.480 e. The summed E-state index contributed by atoms with van der Waals surface area (Å²) in [7, 11) is -2.49. The molecule has 1 saturated carbocycles. The van der Waals surface area contributed by atoms with Gasteiger partial charge in [-0.15, -0.1) is 0 Å². The third kappa shape index (κ3) is 5.34. The molecule has 2 heterocycles. The van der Waals surface area contributed by atoms with Crippen LogP contribution in [-0.4, -0.2) is 61.6 Å². The van der Waals surface area contributed by atoms with Crippen LogP contribution in [0.3, 0.4) is 0 Å². The molecular weight excluding hydrogens is 555 g/mol. The van der Waals surface area contributed by atoms with Gasteiger partial charge >= 0.3 is 13.7 Å². The van der Waals surface area contributed by atoms with Gasteiger partial charge in [0.15, 0.2) is 11.2 Å². The molecule has 36 heavy (non-hydrogen) atoms. The van der Waals surface area contributed by atoms with Crippen LogP contribution in [0, 0.1) is 5.92 Å². The van der Waals surface area contributed by atoms with Gasteiger partial charge in [-0.05, 0) is 49.9 Å². The summed E-state index contributed by atoms with van der Waals surface area (Å²) in [5.74, 6) is -0.311. The monoisotopic (exact) mass is 582 g/mol. The third-order valence-corrected chi connectivity index (χ3v) is 8.86. The number of hydrogen-bond acceptors (Lipinski definition) is 9. The summed E-state index contributed by atoms with van der Waals surface area (Å²) in [5, 5.41) is 9.55. The number of aromatic nitrogens is 4. The smallest absolute Gasteiger partial charge is 0.462 e. The number of hydrogen-bond donors (Lipinski definition) is 2. The largest absolute Gasteiger partial charge is 0.480 e. The zero-order chi connectivity index (χ0) is 26.0. The quantitative estimate of drug-likeness (QED) is 0.313. The van der Waals surface area contributed by atoms with Crippen molar-refractivity contribution in [2.24, 2.45) is 5.92 Å². The number of halogens is 1. The van der Waals surface area contributed by atoms with E-state index in [4.69, 9.17) is 19.5 Å². The molecule has 1 aliphatic rings. The number of benzene rings is 1. The Hall–Kier alpha value is -2.73. The number of nitrogen functional groups attached to an aromatic ring is 1. The zero-order valence-corrected chi connectivity index (χ0v) is 22.6. The second kappa shape index (κ2) is 10.7. The van der Waals surface area contributed by atoms with Gasteiger partial charge in [-0.2, -0.15) is 14.6 Å². The highest BCUT2D eigenvalue weighted by atomic mass is 79.9. The Balaban J connectivity index is 1.47. The van der Waals surface area contributed by atoms with Crippen LogP contribution in [0.5, 0.6) is 11.6 Å². The Morgan fingerprint density at radius 1 is 1.33 bits per heavy atom. The summed E-state index contributed by atoms with van der Waals surface area (Å²) < 4.78 is 34.9. The summed E-state index contributed by atoms with van der Waals surface area (Å²) in [6, 6.07) is 5.80. The van der Waals surface area contributed by atoms with Gasteiger partial charge in [0.2, 0.25) is 11.8 Å². The van der Waals surface area contributed by atoms with Crippen molar-refractivity contribution in [3.8, 4) is 11.6 Å². The van der Waals surface area contributed by atoms with Crippen molar-refractivity contribution < 1.29 is 28.3 Å². The first kappa shape index (κ1) is 26.3. The number of nitrogens with zero attached hydrogens (tertiary/aromatic N) is 5. The van der Waals surface area contributed by atoms with E-state index in [0.717, 1.165) is 17.3 Å². The fraction of sp³-hybridized carbons (Fsp3) is 0.455. The minimum atomic E-state index is -3.98. The average molecular weight is 583 g/mol. The molecule has 14 heteroatoms. The lowest BCUT2D eigenvalue weighted by atomic mass is 9.81. The van der Waals surface area contributed by atoms with Crippen LogP contribution in [0.25, 0.3) is 11.2 Å². The standard InChI is InChI=1S/C22H28BrN6O6P/c1-4-29(13(2)21(30)31)36(32,35-17-7-5-15(23)6-8-17)34-11-14-9-16(10-14)28-12-25-18-19(28)26-22(24)27-20(18)33-3/h5-8,12-14,16H,4,9-11H2,1-3H3,(H,30,31)(H2,24,26,27). The van der Waals surface area contributed by atoms with Crippen molar-refractivity contribution in [1.82, 2.24) is 24.2 Å². The number of aliphatic carboxylic acids is 1. The number of likely N-dealkylation sites (N-methyl/N-ethyl adjacent to an activating group) is 1. The normalized spacial score (nSPS) is 20.0. The van der Waals surface area contributed by atoms with Crippen LogP contribution in [-0.2, 0) is 13.9 Å². The molecule has 0 amide bonds. The molecule has 0 radical (unpaired) electrons. The molecule has 0 saturated heterocycles. The number of imidazole rings is 1. The fourth-order valence-electron chi connectivity index (χ4n) is 4.15. The summed E-state index contributed by atoms with van der Waals surface area (Å²) >= 11 is 3.35. The molecule has 3 N–H and O–H groups in total. The first-order chi connectivity index (χ1) is 17.1. The molecule has 1 aromatic carbocycles. The van der Waals surface area contributed by atoms with Crippen LogP contribution in [0.4, 0.5) is 5.95 Å². The lowest BCUT2D eigenvalue weighted by molar-refractivity contribution is -0.141. The maximum Gasteiger partial charge on any atom is 0.462 e. The Morgan fingerprint density at radius 3 is 2.64 bits per heavy atom. The van der Waals surface area contributed by atoms with Crippen LogP contribution in [0.1, 0.15) is 32.7 Å². The van der Waals surface area contributed by atoms with E-state index in [2.05, 4.69) is 30.9 Å². The van der Waals surface area contributed by atoms with Gasteiger partial charge in [-0.3, -0.25) is 9.32 Å². The van der Waals surface area contributed by atoms with E-state index in [1.54, 1.807) is 37.5 Å². The lowest BCUT2D eigenvalue weighted by Gasteiger charge is -2.38. The predicted octanol–water partition coefficient (Wildman–Crippen LogP) is 4.13. The first-order valence-electron chi connectivity index (χ1n) is 11.4. The number of rotatable bonds is 11. The Bertz CT molecular complexity index is 1280. The number of carboxylic acid groups (broad SMARTS) is 1. The van der Waals surface area contributed by atoms with Gasteiger partial charge in [0.25, 0.3) is 0 Å². The highest BCUT2D eigenvalue weighted by molar-refractivity contribution is 9.10. The van der Waals surface area contributed by atoms with Gasteiger partial charge in [0.05, 0.1) is 20.0 Å². The van der Waals surface area contributed by atoms with Gasteiger partial charge < -0.3 is 24.7 Å². The predicted molar refractivity (Wildman–Crippen MR) is 136 cm³/mol. The van der Waals surface area contributed by atoms with Gasteiger partial charge in [-0.1, -0.05) is 22.9 Å². The van der Waals surface area contributed by atoms with Gasteiger partial charge in [0.1, 0.15) is 11.8 Å². The van der Waals surface area contributed by atoms with E-state index < -0.39 is 19.8 Å². The minimum absolute atomic E-state index is 0.0780. The summed E-state index contributed by atoms with van der Waals surface area (Å²) in [6.45, 7) is 3.47. The number of anilines is 1.